The first kappa shape index (κ1) is 19.6. The largest absolute Gasteiger partial charge is 0.355 e. The number of benzene rings is 1. The lowest BCUT2D eigenvalue weighted by atomic mass is 9.81. The summed E-state index contributed by atoms with van der Waals surface area (Å²) in [6.07, 6.45) is 5.36. The Morgan fingerprint density at radius 3 is 2.65 bits per heavy atom. The van der Waals surface area contributed by atoms with Gasteiger partial charge in [0.2, 0.25) is 5.91 Å². The highest BCUT2D eigenvalue weighted by atomic mass is 35.5. The van der Waals surface area contributed by atoms with Crippen molar-refractivity contribution in [3.8, 4) is 0 Å². The summed E-state index contributed by atoms with van der Waals surface area (Å²) in [5.74, 6) is 0.243. The Morgan fingerprint density at radius 1 is 1.19 bits per heavy atom. The van der Waals surface area contributed by atoms with E-state index in [1.165, 1.54) is 12.8 Å². The van der Waals surface area contributed by atoms with Crippen LogP contribution in [0.5, 0.6) is 0 Å². The van der Waals surface area contributed by atoms with Crippen molar-refractivity contribution in [3.05, 3.63) is 38.7 Å². The molecule has 5 nitrogen and oxygen atoms in total. The number of halogens is 2. The lowest BCUT2D eigenvalue weighted by Crippen LogP contribution is -2.47. The summed E-state index contributed by atoms with van der Waals surface area (Å²) in [6, 6.07) is 5.57. The number of amides is 1. The van der Waals surface area contributed by atoms with Crippen LogP contribution in [0.1, 0.15) is 37.7 Å². The van der Waals surface area contributed by atoms with E-state index in [-0.39, 0.29) is 24.3 Å². The highest BCUT2D eigenvalue weighted by molar-refractivity contribution is 6.42. The van der Waals surface area contributed by atoms with Gasteiger partial charge < -0.3 is 10.2 Å². The maximum absolute atomic E-state index is 12.3. The van der Waals surface area contributed by atoms with Crippen LogP contribution in [0.4, 0.5) is 0 Å². The normalized spacial score (nSPS) is 26.6. The minimum atomic E-state index is -0.120. The lowest BCUT2D eigenvalue weighted by Gasteiger charge is -2.39. The molecule has 0 radical (unpaired) electrons. The molecule has 26 heavy (non-hydrogen) atoms. The number of likely N-dealkylation sites (tertiary alicyclic amines) is 1. The van der Waals surface area contributed by atoms with Crippen molar-refractivity contribution < 1.29 is 4.79 Å². The fraction of sp³-hybridized carbons (Fsp3) is 0.632. The molecule has 3 unspecified atom stereocenters. The second-order valence-electron chi connectivity index (χ2n) is 7.37. The number of rotatable bonds is 6. The predicted octanol–water partition coefficient (Wildman–Crippen LogP) is 4.05. The lowest BCUT2D eigenvalue weighted by molar-refractivity contribution is -0.120. The Bertz CT molecular complexity index is 650. The smallest absolute Gasteiger partial charge is 0.224 e. The van der Waals surface area contributed by atoms with Gasteiger partial charge in [-0.25, -0.2) is 0 Å². The van der Waals surface area contributed by atoms with Crippen LogP contribution in [0.2, 0.25) is 10.0 Å². The van der Waals surface area contributed by atoms with E-state index in [9.17, 15) is 9.70 Å². The monoisotopic (exact) mass is 397 g/mol. The van der Waals surface area contributed by atoms with Gasteiger partial charge in [-0.15, -0.1) is 0 Å². The predicted molar refractivity (Wildman–Crippen MR) is 105 cm³/mol. The Morgan fingerprint density at radius 2 is 1.96 bits per heavy atom. The van der Waals surface area contributed by atoms with E-state index >= 15 is 0 Å². The summed E-state index contributed by atoms with van der Waals surface area (Å²) in [6.45, 7) is 2.84. The number of hydrogen-bond acceptors (Lipinski definition) is 4. The molecule has 1 aromatic carbocycles. The molecule has 1 heterocycles. The topological polar surface area (TPSA) is 61.8 Å². The zero-order valence-corrected chi connectivity index (χ0v) is 16.3. The third-order valence-electron chi connectivity index (χ3n) is 5.58. The average Bonchev–Trinajstić information content (AvgIpc) is 3.17. The van der Waals surface area contributed by atoms with Gasteiger partial charge in [-0.3, -0.25) is 4.79 Å². The number of nitrogens with one attached hydrogen (secondary N) is 1. The number of nitroso groups, excluding NO2 is 1. The molecular formula is C19H25Cl2N3O2. The van der Waals surface area contributed by atoms with Crippen molar-refractivity contribution in [2.24, 2.45) is 11.1 Å². The van der Waals surface area contributed by atoms with Crippen LogP contribution in [0.3, 0.4) is 0 Å². The molecule has 142 valence electrons. The van der Waals surface area contributed by atoms with Crippen LogP contribution in [0.15, 0.2) is 23.4 Å². The van der Waals surface area contributed by atoms with Gasteiger partial charge in [0.1, 0.15) is 0 Å². The second kappa shape index (κ2) is 9.16. The molecule has 1 aromatic rings. The van der Waals surface area contributed by atoms with Crippen molar-refractivity contribution in [1.29, 1.82) is 0 Å². The first-order valence-electron chi connectivity index (χ1n) is 9.34. The van der Waals surface area contributed by atoms with E-state index in [1.54, 1.807) is 12.1 Å². The van der Waals surface area contributed by atoms with Crippen LogP contribution in [0, 0.1) is 10.8 Å². The van der Waals surface area contributed by atoms with Gasteiger partial charge in [0.25, 0.3) is 0 Å². The van der Waals surface area contributed by atoms with Crippen LogP contribution in [0.25, 0.3) is 0 Å². The third kappa shape index (κ3) is 4.96. The van der Waals surface area contributed by atoms with Crippen LogP contribution < -0.4 is 5.32 Å². The third-order valence-corrected chi connectivity index (χ3v) is 6.32. The van der Waals surface area contributed by atoms with Crippen molar-refractivity contribution in [3.63, 3.8) is 0 Å². The summed E-state index contributed by atoms with van der Waals surface area (Å²) in [4.78, 5) is 25.9. The van der Waals surface area contributed by atoms with E-state index in [4.69, 9.17) is 23.2 Å². The molecule has 3 atom stereocenters. The molecular weight excluding hydrogens is 373 g/mol. The molecule has 1 saturated heterocycles. The molecule has 0 aromatic heterocycles. The highest BCUT2D eigenvalue weighted by Crippen LogP contribution is 2.32. The Balaban J connectivity index is 1.56. The molecule has 1 aliphatic carbocycles. The molecule has 1 saturated carbocycles. The van der Waals surface area contributed by atoms with Gasteiger partial charge in [0, 0.05) is 12.6 Å². The first-order valence-corrected chi connectivity index (χ1v) is 10.1. The van der Waals surface area contributed by atoms with E-state index < -0.39 is 0 Å². The minimum absolute atomic E-state index is 0.0373. The number of nitrogens with zero attached hydrogens (tertiary/aromatic N) is 2. The van der Waals surface area contributed by atoms with E-state index in [0.29, 0.717) is 22.6 Å². The highest BCUT2D eigenvalue weighted by Gasteiger charge is 2.35. The summed E-state index contributed by atoms with van der Waals surface area (Å²) in [5, 5.41) is 7.25. The van der Waals surface area contributed by atoms with Crippen molar-refractivity contribution in [2.75, 3.05) is 19.6 Å². The Labute approximate surface area is 164 Å². The SMILES string of the molecule is O=NC1CCC(N2CCCC2)C(CNC(=O)Cc2ccc(Cl)c(Cl)c2)C1. The first-order chi connectivity index (χ1) is 12.6. The van der Waals surface area contributed by atoms with E-state index in [1.807, 2.05) is 6.07 Å². The van der Waals surface area contributed by atoms with Crippen LogP contribution >= 0.6 is 23.2 Å². The maximum atomic E-state index is 12.3. The van der Waals surface area contributed by atoms with Gasteiger partial charge in [0.15, 0.2) is 0 Å². The molecule has 1 amide bonds. The number of carbonyl (C=O) groups is 1. The Kier molecular flexibility index (Phi) is 6.90. The minimum Gasteiger partial charge on any atom is -0.355 e. The number of carbonyl (C=O) groups excluding carboxylic acids is 1. The van der Waals surface area contributed by atoms with Crippen LogP contribution in [-0.2, 0) is 11.2 Å². The standard InChI is InChI=1S/C19H25Cl2N3O2/c20-16-5-3-13(9-17(16)21)10-19(25)22-12-14-11-15(23-26)4-6-18(14)24-7-1-2-8-24/h3,5,9,14-15,18H,1-2,4,6-8,10-12H2,(H,22,25). The van der Waals surface area contributed by atoms with E-state index in [0.717, 1.165) is 37.9 Å². The maximum Gasteiger partial charge on any atom is 0.224 e. The molecule has 2 aliphatic rings. The zero-order valence-electron chi connectivity index (χ0n) is 14.8. The fourth-order valence-corrected chi connectivity index (χ4v) is 4.56. The van der Waals surface area contributed by atoms with Gasteiger partial charge in [-0.1, -0.05) is 34.4 Å². The van der Waals surface area contributed by atoms with Gasteiger partial charge >= 0.3 is 0 Å². The van der Waals surface area contributed by atoms with E-state index in [2.05, 4.69) is 15.4 Å². The molecule has 7 heteroatoms. The zero-order chi connectivity index (χ0) is 18.5. The van der Waals surface area contributed by atoms with Crippen LogP contribution in [-0.4, -0.2) is 42.5 Å². The molecule has 2 fully saturated rings. The fourth-order valence-electron chi connectivity index (χ4n) is 4.23. The van der Waals surface area contributed by atoms with Crippen molar-refractivity contribution in [1.82, 2.24) is 10.2 Å². The van der Waals surface area contributed by atoms with Gasteiger partial charge in [-0.2, -0.15) is 4.91 Å². The molecule has 0 spiro atoms. The quantitative estimate of drug-likeness (QED) is 0.736. The summed E-state index contributed by atoms with van der Waals surface area (Å²) in [7, 11) is 0. The van der Waals surface area contributed by atoms with Crippen molar-refractivity contribution >= 4 is 29.1 Å². The molecule has 1 aliphatic heterocycles. The summed E-state index contributed by atoms with van der Waals surface area (Å²) < 4.78 is 0. The molecule has 0 bridgehead atoms. The average molecular weight is 398 g/mol. The molecule has 3 rings (SSSR count). The summed E-state index contributed by atoms with van der Waals surface area (Å²) >= 11 is 11.9. The summed E-state index contributed by atoms with van der Waals surface area (Å²) in [5.41, 5.74) is 0.837. The van der Waals surface area contributed by atoms with Crippen molar-refractivity contribution in [2.45, 2.75) is 50.6 Å². The van der Waals surface area contributed by atoms with Gasteiger partial charge in [0.05, 0.1) is 22.5 Å². The molecule has 1 N–H and O–H groups in total. The second-order valence-corrected chi connectivity index (χ2v) is 8.19. The van der Waals surface area contributed by atoms with Gasteiger partial charge in [-0.05, 0) is 68.8 Å². The Hall–Kier alpha value is -1.17. The number of hydrogen-bond donors (Lipinski definition) is 1.